The van der Waals surface area contributed by atoms with Crippen LogP contribution < -0.4 is 0 Å². The van der Waals surface area contributed by atoms with E-state index in [1.54, 1.807) is 0 Å². The molecule has 250 valence electrons. The Morgan fingerprint density at radius 1 is 0.333 bits per heavy atom. The van der Waals surface area contributed by atoms with Gasteiger partial charge in [0, 0.05) is 37.9 Å². The van der Waals surface area contributed by atoms with Crippen LogP contribution in [0.25, 0.3) is 110 Å². The summed E-state index contributed by atoms with van der Waals surface area (Å²) in [6, 6.07) is 65.3. The Morgan fingerprint density at radius 3 is 1.70 bits per heavy atom. The van der Waals surface area contributed by atoms with E-state index in [4.69, 9.17) is 9.97 Å². The number of hydrogen-bond donors (Lipinski definition) is 0. The summed E-state index contributed by atoms with van der Waals surface area (Å²) in [5.74, 6) is 0.654. The van der Waals surface area contributed by atoms with E-state index in [9.17, 15) is 0 Å². The molecule has 8 aromatic carbocycles. The van der Waals surface area contributed by atoms with Crippen molar-refractivity contribution in [3.63, 3.8) is 0 Å². The van der Waals surface area contributed by atoms with Gasteiger partial charge in [-0.2, -0.15) is 0 Å². The van der Waals surface area contributed by atoms with Crippen LogP contribution >= 0.6 is 0 Å². The normalized spacial score (nSPS) is 12.1. The summed E-state index contributed by atoms with van der Waals surface area (Å²) < 4.78 is 4.79. The van der Waals surface area contributed by atoms with Crippen molar-refractivity contribution in [2.24, 2.45) is 0 Å². The van der Waals surface area contributed by atoms with E-state index in [0.29, 0.717) is 5.95 Å². The van der Waals surface area contributed by atoms with Crippen molar-refractivity contribution < 1.29 is 0 Å². The lowest BCUT2D eigenvalue weighted by Crippen LogP contribution is -2.03. The SMILES string of the molecule is c1ccc(-c2cccc(-c3nc(-n4c5cc(-c6ccccc6)cc6c7ccccc7n7c8ccccc8c8ccc4c(c65)c87)nc4ccccc34)c2)cc1. The topological polar surface area (TPSA) is 35.1 Å². The number of para-hydroxylation sites is 3. The van der Waals surface area contributed by atoms with Gasteiger partial charge in [0.15, 0.2) is 0 Å². The highest BCUT2D eigenvalue weighted by Crippen LogP contribution is 2.46. The van der Waals surface area contributed by atoms with Gasteiger partial charge < -0.3 is 4.40 Å². The highest BCUT2D eigenvalue weighted by molar-refractivity contribution is 6.33. The number of aromatic nitrogens is 4. The zero-order chi connectivity index (χ0) is 35.3. The van der Waals surface area contributed by atoms with Crippen LogP contribution in [-0.4, -0.2) is 18.9 Å². The molecule has 0 aliphatic heterocycles. The molecule has 4 heteroatoms. The number of rotatable bonds is 4. The third kappa shape index (κ3) is 4.08. The van der Waals surface area contributed by atoms with Crippen LogP contribution in [0.15, 0.2) is 182 Å². The Balaban J connectivity index is 1.27. The Labute approximate surface area is 310 Å². The molecule has 0 N–H and O–H groups in total. The van der Waals surface area contributed by atoms with Crippen LogP contribution in [0.2, 0.25) is 0 Å². The number of nitrogens with zero attached hydrogens (tertiary/aromatic N) is 4. The van der Waals surface area contributed by atoms with Gasteiger partial charge in [0.1, 0.15) is 0 Å². The third-order valence-corrected chi connectivity index (χ3v) is 11.2. The maximum absolute atomic E-state index is 5.53. The van der Waals surface area contributed by atoms with Crippen LogP contribution in [0, 0.1) is 0 Å². The average Bonchev–Trinajstić information content (AvgIpc) is 3.72. The largest absolute Gasteiger partial charge is 0.308 e. The third-order valence-electron chi connectivity index (χ3n) is 11.2. The first kappa shape index (κ1) is 29.3. The lowest BCUT2D eigenvalue weighted by molar-refractivity contribution is 1.01. The highest BCUT2D eigenvalue weighted by Gasteiger charge is 2.25. The average molecular weight is 687 g/mol. The quantitative estimate of drug-likeness (QED) is 0.185. The molecule has 0 saturated heterocycles. The number of hydrogen-bond acceptors (Lipinski definition) is 2. The minimum Gasteiger partial charge on any atom is -0.308 e. The number of benzene rings is 8. The van der Waals surface area contributed by atoms with Gasteiger partial charge in [-0.25, -0.2) is 9.97 Å². The molecule has 12 aromatic rings. The first-order valence-corrected chi connectivity index (χ1v) is 18.4. The Morgan fingerprint density at radius 2 is 0.944 bits per heavy atom. The predicted octanol–water partition coefficient (Wildman–Crippen LogP) is 12.9. The van der Waals surface area contributed by atoms with E-state index in [0.717, 1.165) is 44.3 Å². The lowest BCUT2D eigenvalue weighted by Gasteiger charge is -2.13. The fourth-order valence-electron chi connectivity index (χ4n) is 8.91. The van der Waals surface area contributed by atoms with E-state index in [-0.39, 0.29) is 0 Å². The Kier molecular flexibility index (Phi) is 6.02. The molecule has 0 unspecified atom stereocenters. The first-order chi connectivity index (χ1) is 26.8. The highest BCUT2D eigenvalue weighted by atomic mass is 15.2. The van der Waals surface area contributed by atoms with Gasteiger partial charge in [-0.1, -0.05) is 140 Å². The zero-order valence-corrected chi connectivity index (χ0v) is 29.1. The minimum atomic E-state index is 0.654. The van der Waals surface area contributed by atoms with Gasteiger partial charge in [0.25, 0.3) is 0 Å². The van der Waals surface area contributed by atoms with Crippen molar-refractivity contribution in [1.29, 1.82) is 0 Å². The summed E-state index contributed by atoms with van der Waals surface area (Å²) in [6.45, 7) is 0. The molecule has 0 spiro atoms. The minimum absolute atomic E-state index is 0.654. The molecule has 0 aliphatic rings. The van der Waals surface area contributed by atoms with Crippen molar-refractivity contribution in [3.8, 4) is 39.5 Å². The molecule has 0 bridgehead atoms. The molecular formula is C50H30N4. The number of fused-ring (bicyclic) bond motifs is 7. The van der Waals surface area contributed by atoms with Crippen molar-refractivity contribution in [1.82, 2.24) is 18.9 Å². The van der Waals surface area contributed by atoms with E-state index in [2.05, 4.69) is 191 Å². The summed E-state index contributed by atoms with van der Waals surface area (Å²) >= 11 is 0. The Bertz CT molecular complexity index is 3430. The molecular weight excluding hydrogens is 657 g/mol. The van der Waals surface area contributed by atoms with Gasteiger partial charge in [-0.3, -0.25) is 4.57 Å². The smallest absolute Gasteiger partial charge is 0.235 e. The van der Waals surface area contributed by atoms with E-state index in [1.165, 1.54) is 60.0 Å². The van der Waals surface area contributed by atoms with Crippen LogP contribution in [0.4, 0.5) is 0 Å². The Hall–Kier alpha value is -7.30. The van der Waals surface area contributed by atoms with Gasteiger partial charge >= 0.3 is 0 Å². The summed E-state index contributed by atoms with van der Waals surface area (Å²) in [6.07, 6.45) is 0. The van der Waals surface area contributed by atoms with Crippen LogP contribution in [0.1, 0.15) is 0 Å². The molecule has 0 aliphatic carbocycles. The molecule has 12 rings (SSSR count). The fraction of sp³-hybridized carbons (Fsp3) is 0. The summed E-state index contributed by atoms with van der Waals surface area (Å²) in [5.41, 5.74) is 13.3. The van der Waals surface area contributed by atoms with Gasteiger partial charge in [-0.05, 0) is 70.1 Å². The van der Waals surface area contributed by atoms with Gasteiger partial charge in [-0.15, -0.1) is 0 Å². The summed E-state index contributed by atoms with van der Waals surface area (Å²) in [7, 11) is 0. The molecule has 4 nitrogen and oxygen atoms in total. The van der Waals surface area contributed by atoms with Crippen molar-refractivity contribution in [2.75, 3.05) is 0 Å². The molecule has 54 heavy (non-hydrogen) atoms. The van der Waals surface area contributed by atoms with E-state index in [1.807, 2.05) is 0 Å². The van der Waals surface area contributed by atoms with Crippen molar-refractivity contribution in [2.45, 2.75) is 0 Å². The molecule has 0 atom stereocenters. The molecule has 0 amide bonds. The maximum Gasteiger partial charge on any atom is 0.235 e. The summed E-state index contributed by atoms with van der Waals surface area (Å²) in [5, 5.41) is 8.36. The maximum atomic E-state index is 5.53. The van der Waals surface area contributed by atoms with Crippen LogP contribution in [-0.2, 0) is 0 Å². The van der Waals surface area contributed by atoms with Crippen LogP contribution in [0.5, 0.6) is 0 Å². The molecule has 4 heterocycles. The second-order valence-corrected chi connectivity index (χ2v) is 14.2. The second-order valence-electron chi connectivity index (χ2n) is 14.2. The van der Waals surface area contributed by atoms with Crippen LogP contribution in [0.3, 0.4) is 0 Å². The fourth-order valence-corrected chi connectivity index (χ4v) is 8.91. The van der Waals surface area contributed by atoms with Crippen molar-refractivity contribution >= 4 is 70.8 Å². The molecule has 4 aromatic heterocycles. The second kappa shape index (κ2) is 11.1. The standard InChI is InChI=1S/C50H30N4/c1-3-14-31(15-4-1)33-18-13-19-34(28-33)48-39-22-7-10-23-41(39)51-50(52-48)54-44-27-26-38-36-20-8-11-24-42(36)53-43-25-12-9-21-37(43)40-29-35(32-16-5-2-6-17-32)30-45(54)46(40)47(44)49(38)53/h1-30H. The molecule has 0 saturated carbocycles. The molecule has 0 radical (unpaired) electrons. The zero-order valence-electron chi connectivity index (χ0n) is 29.1. The predicted molar refractivity (Wildman–Crippen MR) is 225 cm³/mol. The van der Waals surface area contributed by atoms with Gasteiger partial charge in [0.05, 0.1) is 38.8 Å². The van der Waals surface area contributed by atoms with E-state index < -0.39 is 0 Å². The summed E-state index contributed by atoms with van der Waals surface area (Å²) in [4.78, 5) is 10.9. The van der Waals surface area contributed by atoms with Crippen molar-refractivity contribution in [3.05, 3.63) is 182 Å². The monoisotopic (exact) mass is 686 g/mol. The van der Waals surface area contributed by atoms with Gasteiger partial charge in [0.2, 0.25) is 5.95 Å². The molecule has 0 fully saturated rings. The van der Waals surface area contributed by atoms with E-state index >= 15 is 0 Å². The first-order valence-electron chi connectivity index (χ1n) is 18.4. The lowest BCUT2D eigenvalue weighted by atomic mass is 9.98.